The van der Waals surface area contributed by atoms with Gasteiger partial charge < -0.3 is 4.90 Å². The standard InChI is InChI=1S/C18H17BrFNO3S/c19-15-6-4-14(5-7-15)18(22)21(17-8-9-25(23,24)12-17)11-13-2-1-3-16(20)10-13/h1-7,10,17H,8-9,11-12H2/t17-/m0/s1. The fourth-order valence-corrected chi connectivity index (χ4v) is 4.97. The number of carbonyl (C=O) groups excluding carboxylic acids is 1. The third-order valence-corrected chi connectivity index (χ3v) is 6.52. The number of hydrogen-bond acceptors (Lipinski definition) is 3. The lowest BCUT2D eigenvalue weighted by Gasteiger charge is -2.28. The van der Waals surface area contributed by atoms with E-state index in [0.717, 1.165) is 4.47 Å². The molecule has 0 bridgehead atoms. The first-order valence-corrected chi connectivity index (χ1v) is 10.5. The van der Waals surface area contributed by atoms with Gasteiger partial charge in [-0.05, 0) is 48.4 Å². The third-order valence-electron chi connectivity index (χ3n) is 4.24. The molecule has 1 amide bonds. The predicted octanol–water partition coefficient (Wildman–Crippen LogP) is 3.42. The van der Waals surface area contributed by atoms with Crippen LogP contribution >= 0.6 is 15.9 Å². The average Bonchev–Trinajstić information content (AvgIpc) is 2.92. The zero-order valence-electron chi connectivity index (χ0n) is 13.4. The van der Waals surface area contributed by atoms with E-state index in [2.05, 4.69) is 15.9 Å². The van der Waals surface area contributed by atoms with Crippen molar-refractivity contribution in [2.24, 2.45) is 0 Å². The molecule has 132 valence electrons. The van der Waals surface area contributed by atoms with Gasteiger partial charge in [0.2, 0.25) is 0 Å². The minimum Gasteiger partial charge on any atom is -0.330 e. The molecule has 0 aromatic heterocycles. The lowest BCUT2D eigenvalue weighted by Crippen LogP contribution is -2.40. The summed E-state index contributed by atoms with van der Waals surface area (Å²) < 4.78 is 38.0. The van der Waals surface area contributed by atoms with E-state index in [1.165, 1.54) is 12.1 Å². The summed E-state index contributed by atoms with van der Waals surface area (Å²) in [5, 5.41) is 0. The molecule has 1 aliphatic heterocycles. The molecule has 4 nitrogen and oxygen atoms in total. The summed E-state index contributed by atoms with van der Waals surface area (Å²) >= 11 is 3.33. The smallest absolute Gasteiger partial charge is 0.254 e. The van der Waals surface area contributed by atoms with Crippen LogP contribution in [0.2, 0.25) is 0 Å². The molecule has 1 saturated heterocycles. The van der Waals surface area contributed by atoms with Crippen LogP contribution in [-0.4, -0.2) is 36.8 Å². The van der Waals surface area contributed by atoms with Crippen molar-refractivity contribution in [1.82, 2.24) is 4.90 Å². The highest BCUT2D eigenvalue weighted by Gasteiger charge is 2.35. The van der Waals surface area contributed by atoms with Crippen molar-refractivity contribution in [3.05, 3.63) is 69.9 Å². The van der Waals surface area contributed by atoms with E-state index < -0.39 is 15.9 Å². The first kappa shape index (κ1) is 18.1. The van der Waals surface area contributed by atoms with Crippen LogP contribution < -0.4 is 0 Å². The molecule has 0 unspecified atom stereocenters. The number of rotatable bonds is 4. The van der Waals surface area contributed by atoms with Gasteiger partial charge in [0.05, 0.1) is 11.5 Å². The molecule has 1 fully saturated rings. The molecule has 2 aromatic carbocycles. The summed E-state index contributed by atoms with van der Waals surface area (Å²) in [6.45, 7) is 0.173. The van der Waals surface area contributed by atoms with Crippen molar-refractivity contribution >= 4 is 31.7 Å². The SMILES string of the molecule is O=C(c1ccc(Br)cc1)N(Cc1cccc(F)c1)[C@H]1CCS(=O)(=O)C1. The number of carbonyl (C=O) groups is 1. The Labute approximate surface area is 154 Å². The van der Waals surface area contributed by atoms with Gasteiger partial charge in [0.15, 0.2) is 9.84 Å². The lowest BCUT2D eigenvalue weighted by atomic mass is 10.1. The van der Waals surface area contributed by atoms with Gasteiger partial charge in [-0.2, -0.15) is 0 Å². The van der Waals surface area contributed by atoms with Crippen molar-refractivity contribution in [2.75, 3.05) is 11.5 Å². The molecule has 0 aliphatic carbocycles. The van der Waals surface area contributed by atoms with Crippen LogP contribution in [0, 0.1) is 5.82 Å². The Kier molecular flexibility index (Phi) is 5.24. The number of amides is 1. The number of benzene rings is 2. The molecule has 0 saturated carbocycles. The zero-order valence-corrected chi connectivity index (χ0v) is 15.8. The summed E-state index contributed by atoms with van der Waals surface area (Å²) in [5.74, 6) is -0.610. The Hall–Kier alpha value is -1.73. The number of hydrogen-bond donors (Lipinski definition) is 0. The summed E-state index contributed by atoms with van der Waals surface area (Å²) in [6.07, 6.45) is 0.403. The van der Waals surface area contributed by atoms with E-state index in [1.807, 2.05) is 0 Å². The average molecular weight is 426 g/mol. The van der Waals surface area contributed by atoms with E-state index in [1.54, 1.807) is 41.3 Å². The van der Waals surface area contributed by atoms with Crippen molar-refractivity contribution in [3.8, 4) is 0 Å². The normalized spacial score (nSPS) is 18.9. The predicted molar refractivity (Wildman–Crippen MR) is 97.5 cm³/mol. The summed E-state index contributed by atoms with van der Waals surface area (Å²) in [6, 6.07) is 12.5. The van der Waals surface area contributed by atoms with Gasteiger partial charge >= 0.3 is 0 Å². The maximum absolute atomic E-state index is 13.5. The monoisotopic (exact) mass is 425 g/mol. The molecule has 1 aliphatic rings. The van der Waals surface area contributed by atoms with Crippen molar-refractivity contribution in [3.63, 3.8) is 0 Å². The lowest BCUT2D eigenvalue weighted by molar-refractivity contribution is 0.0680. The Bertz CT molecular complexity index is 883. The van der Waals surface area contributed by atoms with Crippen LogP contribution in [0.15, 0.2) is 53.0 Å². The van der Waals surface area contributed by atoms with Gasteiger partial charge in [-0.1, -0.05) is 28.1 Å². The summed E-state index contributed by atoms with van der Waals surface area (Å²) in [7, 11) is -3.14. The molecule has 0 N–H and O–H groups in total. The van der Waals surface area contributed by atoms with E-state index in [4.69, 9.17) is 0 Å². The molecule has 2 aromatic rings. The van der Waals surface area contributed by atoms with E-state index in [-0.39, 0.29) is 29.8 Å². The third kappa shape index (κ3) is 4.46. The van der Waals surface area contributed by atoms with Crippen LogP contribution in [0.25, 0.3) is 0 Å². The van der Waals surface area contributed by atoms with Crippen LogP contribution in [0.3, 0.4) is 0 Å². The van der Waals surface area contributed by atoms with Crippen molar-refractivity contribution in [1.29, 1.82) is 0 Å². The molecule has 0 spiro atoms. The van der Waals surface area contributed by atoms with Crippen LogP contribution in [-0.2, 0) is 16.4 Å². The van der Waals surface area contributed by atoms with Crippen molar-refractivity contribution in [2.45, 2.75) is 19.0 Å². The summed E-state index contributed by atoms with van der Waals surface area (Å²) in [4.78, 5) is 14.5. The maximum Gasteiger partial charge on any atom is 0.254 e. The minimum absolute atomic E-state index is 0.0510. The topological polar surface area (TPSA) is 54.5 Å². The van der Waals surface area contributed by atoms with Gasteiger partial charge in [-0.15, -0.1) is 0 Å². The fourth-order valence-electron chi connectivity index (χ4n) is 2.98. The van der Waals surface area contributed by atoms with Gasteiger partial charge in [0, 0.05) is 22.6 Å². The molecular weight excluding hydrogens is 409 g/mol. The highest BCUT2D eigenvalue weighted by molar-refractivity contribution is 9.10. The van der Waals surface area contributed by atoms with Crippen molar-refractivity contribution < 1.29 is 17.6 Å². The zero-order chi connectivity index (χ0) is 18.0. The highest BCUT2D eigenvalue weighted by atomic mass is 79.9. The minimum atomic E-state index is -3.14. The number of nitrogens with zero attached hydrogens (tertiary/aromatic N) is 1. The molecule has 1 heterocycles. The van der Waals surface area contributed by atoms with E-state index >= 15 is 0 Å². The van der Waals surface area contributed by atoms with Gasteiger partial charge in [0.25, 0.3) is 5.91 Å². The quantitative estimate of drug-likeness (QED) is 0.753. The second-order valence-corrected chi connectivity index (χ2v) is 9.27. The molecular formula is C18H17BrFNO3S. The van der Waals surface area contributed by atoms with Gasteiger partial charge in [-0.3, -0.25) is 4.79 Å². The molecule has 3 rings (SSSR count). The molecule has 0 radical (unpaired) electrons. The van der Waals surface area contributed by atoms with Crippen LogP contribution in [0.5, 0.6) is 0 Å². The molecule has 7 heteroatoms. The highest BCUT2D eigenvalue weighted by Crippen LogP contribution is 2.23. The van der Waals surface area contributed by atoms with E-state index in [0.29, 0.717) is 17.5 Å². The van der Waals surface area contributed by atoms with Crippen LogP contribution in [0.4, 0.5) is 4.39 Å². The number of halogens is 2. The molecule has 25 heavy (non-hydrogen) atoms. The first-order valence-electron chi connectivity index (χ1n) is 7.85. The van der Waals surface area contributed by atoms with Gasteiger partial charge in [0.1, 0.15) is 5.82 Å². The second-order valence-electron chi connectivity index (χ2n) is 6.13. The maximum atomic E-state index is 13.5. The van der Waals surface area contributed by atoms with Gasteiger partial charge in [-0.25, -0.2) is 12.8 Å². The second kappa shape index (κ2) is 7.25. The largest absolute Gasteiger partial charge is 0.330 e. The Morgan fingerprint density at radius 1 is 1.20 bits per heavy atom. The summed E-state index contributed by atoms with van der Waals surface area (Å²) in [5.41, 5.74) is 1.11. The van der Waals surface area contributed by atoms with E-state index in [9.17, 15) is 17.6 Å². The fraction of sp³-hybridized carbons (Fsp3) is 0.278. The Morgan fingerprint density at radius 2 is 1.92 bits per heavy atom. The Morgan fingerprint density at radius 3 is 2.52 bits per heavy atom. The number of sulfone groups is 1. The molecule has 1 atom stereocenters. The van der Waals surface area contributed by atoms with Crippen LogP contribution in [0.1, 0.15) is 22.3 Å². The Balaban J connectivity index is 1.91. The first-order chi connectivity index (χ1) is 11.8.